The maximum atomic E-state index is 3.63. The van der Waals surface area contributed by atoms with Crippen LogP contribution in [0, 0.1) is 0 Å². The van der Waals surface area contributed by atoms with E-state index in [2.05, 4.69) is 59.2 Å². The van der Waals surface area contributed by atoms with Crippen molar-refractivity contribution in [2.45, 2.75) is 13.5 Å². The average Bonchev–Trinajstić information content (AvgIpc) is 2.78. The van der Waals surface area contributed by atoms with Gasteiger partial charge < -0.3 is 15.2 Å². The Morgan fingerprint density at radius 3 is 2.94 bits per heavy atom. The number of allylic oxidation sites excluding steroid dienone is 1. The van der Waals surface area contributed by atoms with Crippen LogP contribution in [0.2, 0.25) is 0 Å². The van der Waals surface area contributed by atoms with Crippen molar-refractivity contribution in [2.24, 2.45) is 0 Å². The smallest absolute Gasteiger partial charge is 0.0504 e. The molecule has 0 amide bonds. The molecular weight excluding hydrogens is 222 g/mol. The molecule has 1 aromatic heterocycles. The number of aromatic nitrogens is 1. The standard InChI is InChI=1S/C15H19N3/c1-4-17-10-12(2)11-18-8-7-13-5-6-14(16-3)9-15(13)18/h4-10,16-17H,1,11H2,2-3H3/b12-10+. The van der Waals surface area contributed by atoms with E-state index in [9.17, 15) is 0 Å². The third kappa shape index (κ3) is 2.56. The van der Waals surface area contributed by atoms with Gasteiger partial charge in [-0.15, -0.1) is 0 Å². The summed E-state index contributed by atoms with van der Waals surface area (Å²) in [5.41, 5.74) is 3.63. The first kappa shape index (κ1) is 12.3. The summed E-state index contributed by atoms with van der Waals surface area (Å²) in [6.45, 7) is 6.61. The highest BCUT2D eigenvalue weighted by Gasteiger charge is 2.02. The molecule has 0 saturated heterocycles. The second-order valence-corrected chi connectivity index (χ2v) is 4.33. The van der Waals surface area contributed by atoms with Gasteiger partial charge in [0.2, 0.25) is 0 Å². The molecule has 0 fully saturated rings. The zero-order valence-electron chi connectivity index (χ0n) is 10.9. The lowest BCUT2D eigenvalue weighted by molar-refractivity contribution is 0.811. The van der Waals surface area contributed by atoms with E-state index in [0.29, 0.717) is 0 Å². The predicted molar refractivity (Wildman–Crippen MR) is 78.6 cm³/mol. The fourth-order valence-corrected chi connectivity index (χ4v) is 1.99. The summed E-state index contributed by atoms with van der Waals surface area (Å²) in [6.07, 6.45) is 5.77. The minimum absolute atomic E-state index is 0.873. The average molecular weight is 241 g/mol. The molecule has 0 saturated carbocycles. The number of anilines is 1. The second-order valence-electron chi connectivity index (χ2n) is 4.33. The fourth-order valence-electron chi connectivity index (χ4n) is 1.99. The molecule has 0 aliphatic rings. The van der Waals surface area contributed by atoms with Gasteiger partial charge in [-0.2, -0.15) is 0 Å². The maximum absolute atomic E-state index is 3.63. The van der Waals surface area contributed by atoms with Gasteiger partial charge in [-0.3, -0.25) is 0 Å². The fraction of sp³-hybridized carbons (Fsp3) is 0.200. The number of hydrogen-bond acceptors (Lipinski definition) is 2. The molecule has 18 heavy (non-hydrogen) atoms. The zero-order chi connectivity index (χ0) is 13.0. The Bertz CT molecular complexity index is 578. The molecule has 0 unspecified atom stereocenters. The van der Waals surface area contributed by atoms with Crippen molar-refractivity contribution in [3.63, 3.8) is 0 Å². The molecular formula is C15H19N3. The molecule has 1 aromatic carbocycles. The van der Waals surface area contributed by atoms with Crippen molar-refractivity contribution in [2.75, 3.05) is 12.4 Å². The minimum Gasteiger partial charge on any atom is -0.388 e. The van der Waals surface area contributed by atoms with Crippen LogP contribution >= 0.6 is 0 Å². The highest BCUT2D eigenvalue weighted by Crippen LogP contribution is 2.21. The highest BCUT2D eigenvalue weighted by atomic mass is 15.0. The first-order valence-corrected chi connectivity index (χ1v) is 6.04. The van der Waals surface area contributed by atoms with E-state index >= 15 is 0 Å². The summed E-state index contributed by atoms with van der Waals surface area (Å²) in [4.78, 5) is 0. The van der Waals surface area contributed by atoms with Crippen LogP contribution in [-0.4, -0.2) is 11.6 Å². The van der Waals surface area contributed by atoms with Gasteiger partial charge in [-0.1, -0.05) is 12.6 Å². The van der Waals surface area contributed by atoms with Gasteiger partial charge in [-0.25, -0.2) is 0 Å². The maximum Gasteiger partial charge on any atom is 0.0504 e. The van der Waals surface area contributed by atoms with E-state index in [-0.39, 0.29) is 0 Å². The van der Waals surface area contributed by atoms with E-state index in [4.69, 9.17) is 0 Å². The molecule has 3 nitrogen and oxygen atoms in total. The Labute approximate surface area is 108 Å². The summed E-state index contributed by atoms with van der Waals surface area (Å²) < 4.78 is 2.24. The topological polar surface area (TPSA) is 29.0 Å². The zero-order valence-corrected chi connectivity index (χ0v) is 10.9. The number of rotatable bonds is 5. The van der Waals surface area contributed by atoms with Crippen LogP contribution in [0.5, 0.6) is 0 Å². The highest BCUT2D eigenvalue weighted by molar-refractivity contribution is 5.83. The van der Waals surface area contributed by atoms with Gasteiger partial charge >= 0.3 is 0 Å². The molecule has 0 atom stereocenters. The van der Waals surface area contributed by atoms with Crippen LogP contribution in [0.4, 0.5) is 5.69 Å². The van der Waals surface area contributed by atoms with Gasteiger partial charge in [0, 0.05) is 31.7 Å². The summed E-state index contributed by atoms with van der Waals surface area (Å²) in [5, 5.41) is 7.44. The lowest BCUT2D eigenvalue weighted by Crippen LogP contribution is -2.01. The Balaban J connectivity index is 2.30. The van der Waals surface area contributed by atoms with E-state index in [1.54, 1.807) is 6.20 Å². The Morgan fingerprint density at radius 2 is 2.22 bits per heavy atom. The molecule has 2 rings (SSSR count). The molecule has 0 spiro atoms. The normalized spacial score (nSPS) is 11.6. The molecule has 0 aliphatic heterocycles. The lowest BCUT2D eigenvalue weighted by atomic mass is 10.2. The van der Waals surface area contributed by atoms with Crippen molar-refractivity contribution in [1.29, 1.82) is 0 Å². The van der Waals surface area contributed by atoms with E-state index in [1.165, 1.54) is 16.5 Å². The minimum atomic E-state index is 0.873. The monoisotopic (exact) mass is 241 g/mol. The summed E-state index contributed by atoms with van der Waals surface area (Å²) >= 11 is 0. The molecule has 1 heterocycles. The van der Waals surface area contributed by atoms with Gasteiger partial charge in [0.1, 0.15) is 0 Å². The molecule has 2 aromatic rings. The first-order chi connectivity index (χ1) is 8.74. The first-order valence-electron chi connectivity index (χ1n) is 6.04. The Morgan fingerprint density at radius 1 is 1.39 bits per heavy atom. The quantitative estimate of drug-likeness (QED) is 0.840. The van der Waals surface area contributed by atoms with Crippen LogP contribution in [0.3, 0.4) is 0 Å². The van der Waals surface area contributed by atoms with Crippen LogP contribution in [0.15, 0.2) is 55.0 Å². The van der Waals surface area contributed by atoms with Crippen LogP contribution < -0.4 is 10.6 Å². The largest absolute Gasteiger partial charge is 0.388 e. The molecule has 2 N–H and O–H groups in total. The van der Waals surface area contributed by atoms with E-state index < -0.39 is 0 Å². The summed E-state index contributed by atoms with van der Waals surface area (Å²) in [5.74, 6) is 0. The molecule has 94 valence electrons. The summed E-state index contributed by atoms with van der Waals surface area (Å²) in [7, 11) is 1.94. The molecule has 0 bridgehead atoms. The number of hydrogen-bond donors (Lipinski definition) is 2. The van der Waals surface area contributed by atoms with E-state index in [0.717, 1.165) is 12.2 Å². The van der Waals surface area contributed by atoms with Gasteiger partial charge in [-0.05, 0) is 42.3 Å². The van der Waals surface area contributed by atoms with Gasteiger partial charge in [0.15, 0.2) is 0 Å². The van der Waals surface area contributed by atoms with Crippen molar-refractivity contribution in [1.82, 2.24) is 9.88 Å². The van der Waals surface area contributed by atoms with Crippen molar-refractivity contribution >= 4 is 16.6 Å². The Hall–Kier alpha value is -2.16. The van der Waals surface area contributed by atoms with Crippen molar-refractivity contribution in [3.8, 4) is 0 Å². The van der Waals surface area contributed by atoms with Crippen molar-refractivity contribution < 1.29 is 0 Å². The number of nitrogens with one attached hydrogen (secondary N) is 2. The number of nitrogens with zero attached hydrogens (tertiary/aromatic N) is 1. The third-order valence-electron chi connectivity index (χ3n) is 2.93. The second kappa shape index (κ2) is 5.45. The van der Waals surface area contributed by atoms with E-state index in [1.807, 2.05) is 13.2 Å². The predicted octanol–water partition coefficient (Wildman–Crippen LogP) is 3.32. The Kier molecular flexibility index (Phi) is 3.72. The molecule has 0 radical (unpaired) electrons. The van der Waals surface area contributed by atoms with Gasteiger partial charge in [0.25, 0.3) is 0 Å². The van der Waals surface area contributed by atoms with Crippen LogP contribution in [0.1, 0.15) is 6.92 Å². The molecule has 3 heteroatoms. The lowest BCUT2D eigenvalue weighted by Gasteiger charge is -2.07. The number of fused-ring (bicyclic) bond motifs is 1. The molecule has 0 aliphatic carbocycles. The van der Waals surface area contributed by atoms with Crippen molar-refractivity contribution in [3.05, 3.63) is 55.0 Å². The third-order valence-corrected chi connectivity index (χ3v) is 2.93. The van der Waals surface area contributed by atoms with Gasteiger partial charge in [0.05, 0.1) is 5.52 Å². The SMILES string of the molecule is C=CN/C=C(\C)Cn1ccc2ccc(NC)cc21. The van der Waals surface area contributed by atoms with Crippen LogP contribution in [0.25, 0.3) is 10.9 Å². The summed E-state index contributed by atoms with van der Waals surface area (Å²) in [6, 6.07) is 8.54. The van der Waals surface area contributed by atoms with Crippen LogP contribution in [-0.2, 0) is 6.54 Å². The number of benzene rings is 1.